The van der Waals surface area contributed by atoms with E-state index in [1.54, 1.807) is 0 Å². The number of hydrogen-bond acceptors (Lipinski definition) is 5. The molecule has 0 saturated carbocycles. The zero-order valence-corrected chi connectivity index (χ0v) is 13.6. The molecule has 2 aromatic carbocycles. The fourth-order valence-electron chi connectivity index (χ4n) is 2.05. The van der Waals surface area contributed by atoms with Crippen molar-refractivity contribution in [1.82, 2.24) is 0 Å². The molecule has 0 aromatic heterocycles. The van der Waals surface area contributed by atoms with Crippen LogP contribution in [0.2, 0.25) is 0 Å². The zero-order chi connectivity index (χ0) is 17.6. The van der Waals surface area contributed by atoms with E-state index in [1.165, 1.54) is 42.8 Å². The van der Waals surface area contributed by atoms with E-state index in [2.05, 4.69) is 3.63 Å². The molecule has 10 heteroatoms. The van der Waals surface area contributed by atoms with Crippen molar-refractivity contribution in [3.63, 3.8) is 0 Å². The van der Waals surface area contributed by atoms with Gasteiger partial charge in [-0.15, -0.1) is 0 Å². The van der Waals surface area contributed by atoms with Gasteiger partial charge in [0.15, 0.2) is 0 Å². The largest absolute Gasteiger partial charge is 0.523 e. The van der Waals surface area contributed by atoms with Crippen LogP contribution in [-0.4, -0.2) is 36.7 Å². The molecule has 0 atom stereocenters. The normalized spacial score (nSPS) is 14.1. The van der Waals surface area contributed by atoms with E-state index >= 15 is 0 Å². The predicted octanol–water partition coefficient (Wildman–Crippen LogP) is 3.46. The molecular weight excluding hydrogens is 357 g/mol. The Morgan fingerprint density at radius 3 is 2.17 bits per heavy atom. The van der Waals surface area contributed by atoms with Crippen LogP contribution >= 0.6 is 10.3 Å². The standard InChI is InChI=1S/C13H13F3O5S2/c1-22(2,21-23(19,20)13(14,15)16)11-7-6-9(17)8-4-3-5-10(18)12(8)11/h3-7,17-18H,1-2H3. The van der Waals surface area contributed by atoms with E-state index in [4.69, 9.17) is 0 Å². The predicted molar refractivity (Wildman–Crippen MR) is 81.0 cm³/mol. The number of rotatable bonds is 3. The van der Waals surface area contributed by atoms with E-state index in [-0.39, 0.29) is 27.2 Å². The average molecular weight is 370 g/mol. The third-order valence-electron chi connectivity index (χ3n) is 3.03. The Kier molecular flexibility index (Phi) is 4.20. The van der Waals surface area contributed by atoms with E-state index < -0.39 is 25.9 Å². The molecule has 0 spiro atoms. The summed E-state index contributed by atoms with van der Waals surface area (Å²) in [6.45, 7) is 0. The van der Waals surface area contributed by atoms with Gasteiger partial charge in [-0.1, -0.05) is 22.4 Å². The van der Waals surface area contributed by atoms with Gasteiger partial charge in [0.2, 0.25) is 0 Å². The average Bonchev–Trinajstić information content (AvgIpc) is 2.37. The number of benzene rings is 2. The maximum Gasteiger partial charge on any atom is 0.523 e. The highest BCUT2D eigenvalue weighted by Gasteiger charge is 2.50. The van der Waals surface area contributed by atoms with Gasteiger partial charge in [-0.2, -0.15) is 21.6 Å². The van der Waals surface area contributed by atoms with Crippen molar-refractivity contribution in [3.8, 4) is 11.5 Å². The Labute approximate surface area is 132 Å². The van der Waals surface area contributed by atoms with Crippen LogP contribution in [0.3, 0.4) is 0 Å². The van der Waals surface area contributed by atoms with Crippen molar-refractivity contribution in [2.24, 2.45) is 0 Å². The van der Waals surface area contributed by atoms with Crippen LogP contribution in [0.15, 0.2) is 35.2 Å². The summed E-state index contributed by atoms with van der Waals surface area (Å²) in [6.07, 6.45) is 2.41. The first-order valence-electron chi connectivity index (χ1n) is 6.06. The Morgan fingerprint density at radius 1 is 1.00 bits per heavy atom. The quantitative estimate of drug-likeness (QED) is 0.809. The molecule has 2 N–H and O–H groups in total. The smallest absolute Gasteiger partial charge is 0.507 e. The Morgan fingerprint density at radius 2 is 1.61 bits per heavy atom. The first kappa shape index (κ1) is 17.7. The van der Waals surface area contributed by atoms with Crippen LogP contribution in [-0.2, 0) is 13.7 Å². The van der Waals surface area contributed by atoms with Gasteiger partial charge in [0.05, 0.1) is 0 Å². The second-order valence-electron chi connectivity index (χ2n) is 4.98. The van der Waals surface area contributed by atoms with Gasteiger partial charge in [0.1, 0.15) is 11.5 Å². The van der Waals surface area contributed by atoms with Crippen molar-refractivity contribution in [2.45, 2.75) is 10.4 Å². The topological polar surface area (TPSA) is 83.8 Å². The third-order valence-corrected chi connectivity index (χ3v) is 7.07. The monoisotopic (exact) mass is 370 g/mol. The maximum atomic E-state index is 12.5. The molecule has 23 heavy (non-hydrogen) atoms. The summed E-state index contributed by atoms with van der Waals surface area (Å²) in [6, 6.07) is 6.60. The number of alkyl halides is 3. The lowest BCUT2D eigenvalue weighted by molar-refractivity contribution is -0.0495. The number of hydrogen-bond donors (Lipinski definition) is 2. The Balaban J connectivity index is 2.66. The fourth-order valence-corrected chi connectivity index (χ4v) is 5.54. The molecule has 0 heterocycles. The van der Waals surface area contributed by atoms with Crippen molar-refractivity contribution in [3.05, 3.63) is 30.3 Å². The van der Waals surface area contributed by atoms with E-state index in [0.29, 0.717) is 0 Å². The minimum Gasteiger partial charge on any atom is -0.507 e. The highest BCUT2D eigenvalue weighted by atomic mass is 32.3. The van der Waals surface area contributed by atoms with Crippen LogP contribution < -0.4 is 0 Å². The first-order valence-corrected chi connectivity index (χ1v) is 9.84. The minimum atomic E-state index is -5.80. The van der Waals surface area contributed by atoms with Gasteiger partial charge < -0.3 is 10.2 Å². The zero-order valence-electron chi connectivity index (χ0n) is 12.0. The summed E-state index contributed by atoms with van der Waals surface area (Å²) in [5, 5.41) is 20.0. The van der Waals surface area contributed by atoms with Gasteiger partial charge in [-0.25, -0.2) is 3.63 Å². The molecular formula is C13H13F3O5S2. The minimum absolute atomic E-state index is 0.0462. The second-order valence-corrected chi connectivity index (χ2v) is 9.81. The van der Waals surface area contributed by atoms with E-state index in [9.17, 15) is 31.8 Å². The molecule has 128 valence electrons. The van der Waals surface area contributed by atoms with Crippen LogP contribution in [0.1, 0.15) is 0 Å². The summed E-state index contributed by atoms with van der Waals surface area (Å²) in [5.74, 6) is -0.504. The molecule has 0 aliphatic heterocycles. The number of aromatic hydroxyl groups is 2. The third kappa shape index (κ3) is 3.19. The Bertz CT molecular complexity index is 860. The SMILES string of the molecule is CS(C)(OS(=O)(=O)C(F)(F)F)c1ccc(O)c2cccc(O)c12. The van der Waals surface area contributed by atoms with Gasteiger partial charge >= 0.3 is 15.6 Å². The van der Waals surface area contributed by atoms with Crippen molar-refractivity contribution >= 4 is 31.2 Å². The molecule has 5 nitrogen and oxygen atoms in total. The molecule has 2 rings (SSSR count). The van der Waals surface area contributed by atoms with Gasteiger partial charge in [0.25, 0.3) is 0 Å². The van der Waals surface area contributed by atoms with Crippen molar-refractivity contribution in [2.75, 3.05) is 12.5 Å². The van der Waals surface area contributed by atoms with Crippen LogP contribution in [0, 0.1) is 0 Å². The lowest BCUT2D eigenvalue weighted by Gasteiger charge is -2.31. The number of halogens is 3. The highest BCUT2D eigenvalue weighted by Crippen LogP contribution is 2.57. The molecule has 0 bridgehead atoms. The molecule has 0 aliphatic rings. The van der Waals surface area contributed by atoms with Gasteiger partial charge in [0, 0.05) is 15.7 Å². The number of phenolic OH excluding ortho intramolecular Hbond substituents is 2. The highest BCUT2D eigenvalue weighted by molar-refractivity contribution is 8.32. The van der Waals surface area contributed by atoms with E-state index in [1.807, 2.05) is 0 Å². The Hall–Kier alpha value is -1.65. The molecule has 0 aliphatic carbocycles. The van der Waals surface area contributed by atoms with E-state index in [0.717, 1.165) is 0 Å². The lowest BCUT2D eigenvalue weighted by atomic mass is 10.1. The summed E-state index contributed by atoms with van der Waals surface area (Å²) < 4.78 is 64.6. The van der Waals surface area contributed by atoms with Crippen LogP contribution in [0.25, 0.3) is 10.8 Å². The second kappa shape index (κ2) is 5.46. The summed E-state index contributed by atoms with van der Waals surface area (Å²) in [4.78, 5) is 0.0659. The molecule has 0 saturated heterocycles. The lowest BCUT2D eigenvalue weighted by Crippen LogP contribution is -2.26. The molecule has 0 radical (unpaired) electrons. The van der Waals surface area contributed by atoms with Gasteiger partial charge in [-0.05, 0) is 30.7 Å². The van der Waals surface area contributed by atoms with Crippen molar-refractivity contribution in [1.29, 1.82) is 0 Å². The summed E-state index contributed by atoms with van der Waals surface area (Å²) >= 11 is 0. The molecule has 0 fully saturated rings. The first-order chi connectivity index (χ1) is 10.4. The van der Waals surface area contributed by atoms with Gasteiger partial charge in [-0.3, -0.25) is 0 Å². The summed E-state index contributed by atoms with van der Waals surface area (Å²) in [7, 11) is -8.75. The molecule has 0 amide bonds. The van der Waals surface area contributed by atoms with Crippen LogP contribution in [0.5, 0.6) is 11.5 Å². The molecule has 0 unspecified atom stereocenters. The molecule has 2 aromatic rings. The van der Waals surface area contributed by atoms with Crippen molar-refractivity contribution < 1.29 is 35.4 Å². The maximum absolute atomic E-state index is 12.5. The number of phenols is 2. The summed E-state index contributed by atoms with van der Waals surface area (Å²) in [5.41, 5.74) is -5.55. The van der Waals surface area contributed by atoms with Crippen LogP contribution in [0.4, 0.5) is 13.2 Å². The fraction of sp³-hybridized carbons (Fsp3) is 0.231. The number of fused-ring (bicyclic) bond motifs is 1.